The van der Waals surface area contributed by atoms with Gasteiger partial charge in [0.15, 0.2) is 0 Å². The van der Waals surface area contributed by atoms with Crippen molar-refractivity contribution < 1.29 is 4.79 Å². The summed E-state index contributed by atoms with van der Waals surface area (Å²) in [5, 5.41) is 5.71. The van der Waals surface area contributed by atoms with E-state index in [1.54, 1.807) is 13.1 Å². The van der Waals surface area contributed by atoms with Crippen LogP contribution in [0.15, 0.2) is 29.1 Å². The van der Waals surface area contributed by atoms with Gasteiger partial charge in [-0.3, -0.25) is 9.59 Å². The molecule has 2 atom stereocenters. The standard InChI is InChI=1S/C18H24N4O2/c1-12-10-22(11-16(12)20(2)3)17(23)9-15-13-7-5-6-8-14(13)18(24)21(4)19-15/h5-8,12,16H,9-11H2,1-4H3/t12-,16+/m0/s1. The molecule has 0 N–H and O–H groups in total. The second kappa shape index (κ2) is 6.36. The lowest BCUT2D eigenvalue weighted by Crippen LogP contribution is -2.36. The largest absolute Gasteiger partial charge is 0.340 e. The third-order valence-corrected chi connectivity index (χ3v) is 4.94. The molecule has 128 valence electrons. The van der Waals surface area contributed by atoms with Gasteiger partial charge in [0, 0.05) is 31.6 Å². The van der Waals surface area contributed by atoms with Crippen LogP contribution in [0.4, 0.5) is 0 Å². The number of likely N-dealkylation sites (tertiary alicyclic amines) is 1. The highest BCUT2D eigenvalue weighted by Gasteiger charge is 2.33. The maximum atomic E-state index is 12.7. The van der Waals surface area contributed by atoms with E-state index in [1.807, 2.05) is 23.1 Å². The van der Waals surface area contributed by atoms with Gasteiger partial charge in [0.1, 0.15) is 0 Å². The number of hydrogen-bond acceptors (Lipinski definition) is 4. The molecule has 1 fully saturated rings. The van der Waals surface area contributed by atoms with E-state index in [2.05, 4.69) is 31.0 Å². The first-order valence-corrected chi connectivity index (χ1v) is 8.27. The van der Waals surface area contributed by atoms with E-state index in [-0.39, 0.29) is 17.9 Å². The quantitative estimate of drug-likeness (QED) is 0.839. The van der Waals surface area contributed by atoms with Gasteiger partial charge in [-0.15, -0.1) is 0 Å². The molecule has 6 heteroatoms. The lowest BCUT2D eigenvalue weighted by molar-refractivity contribution is -0.129. The molecule has 3 rings (SSSR count). The molecule has 0 unspecified atom stereocenters. The van der Waals surface area contributed by atoms with Crippen molar-refractivity contribution in [2.24, 2.45) is 13.0 Å². The van der Waals surface area contributed by atoms with Crippen LogP contribution in [-0.2, 0) is 18.3 Å². The number of likely N-dealkylation sites (N-methyl/N-ethyl adjacent to an activating group) is 1. The van der Waals surface area contributed by atoms with E-state index in [0.717, 1.165) is 18.5 Å². The van der Waals surface area contributed by atoms with Gasteiger partial charge in [-0.2, -0.15) is 5.10 Å². The molecule has 0 bridgehead atoms. The third-order valence-electron chi connectivity index (χ3n) is 4.94. The molecular weight excluding hydrogens is 304 g/mol. The van der Waals surface area contributed by atoms with Crippen molar-refractivity contribution in [3.8, 4) is 0 Å². The summed E-state index contributed by atoms with van der Waals surface area (Å²) < 4.78 is 1.32. The molecule has 0 radical (unpaired) electrons. The number of hydrogen-bond donors (Lipinski definition) is 0. The molecule has 0 aliphatic carbocycles. The van der Waals surface area contributed by atoms with Gasteiger partial charge < -0.3 is 9.80 Å². The van der Waals surface area contributed by atoms with Gasteiger partial charge in [-0.1, -0.05) is 25.1 Å². The van der Waals surface area contributed by atoms with Gasteiger partial charge in [0.25, 0.3) is 5.56 Å². The number of carbonyl (C=O) groups is 1. The molecule has 1 aromatic carbocycles. The number of carbonyl (C=O) groups excluding carboxylic acids is 1. The van der Waals surface area contributed by atoms with Crippen LogP contribution in [0.5, 0.6) is 0 Å². The summed E-state index contributed by atoms with van der Waals surface area (Å²) >= 11 is 0. The van der Waals surface area contributed by atoms with E-state index in [4.69, 9.17) is 0 Å². The Balaban J connectivity index is 1.87. The average Bonchev–Trinajstić information content (AvgIpc) is 2.94. The highest BCUT2D eigenvalue weighted by Crippen LogP contribution is 2.21. The maximum Gasteiger partial charge on any atom is 0.274 e. The predicted octanol–water partition coefficient (Wildman–Crippen LogP) is 0.884. The number of benzene rings is 1. The van der Waals surface area contributed by atoms with Crippen LogP contribution in [-0.4, -0.2) is 58.7 Å². The van der Waals surface area contributed by atoms with E-state index in [9.17, 15) is 9.59 Å². The van der Waals surface area contributed by atoms with Gasteiger partial charge in [-0.05, 0) is 26.1 Å². The Morgan fingerprint density at radius 1 is 1.25 bits per heavy atom. The molecule has 0 spiro atoms. The number of aromatic nitrogens is 2. The predicted molar refractivity (Wildman–Crippen MR) is 93.9 cm³/mol. The zero-order valence-corrected chi connectivity index (χ0v) is 14.7. The second-order valence-corrected chi connectivity index (χ2v) is 6.90. The fourth-order valence-electron chi connectivity index (χ4n) is 3.59. The lowest BCUT2D eigenvalue weighted by Gasteiger charge is -2.22. The number of aryl methyl sites for hydroxylation is 1. The summed E-state index contributed by atoms with van der Waals surface area (Å²) in [5.74, 6) is 0.524. The number of amides is 1. The fraction of sp³-hybridized carbons (Fsp3) is 0.500. The Bertz CT molecular complexity index is 827. The zero-order chi connectivity index (χ0) is 17.4. The van der Waals surface area contributed by atoms with E-state index in [1.165, 1.54) is 4.68 Å². The Morgan fingerprint density at radius 2 is 1.92 bits per heavy atom. The Morgan fingerprint density at radius 3 is 2.54 bits per heavy atom. The van der Waals surface area contributed by atoms with Crippen molar-refractivity contribution >= 4 is 16.7 Å². The minimum absolute atomic E-state index is 0.0718. The van der Waals surface area contributed by atoms with Crippen LogP contribution in [0.1, 0.15) is 12.6 Å². The molecule has 2 heterocycles. The Labute approximate surface area is 141 Å². The van der Waals surface area contributed by atoms with Crippen molar-refractivity contribution in [2.75, 3.05) is 27.2 Å². The van der Waals surface area contributed by atoms with Crippen LogP contribution in [0.2, 0.25) is 0 Å². The highest BCUT2D eigenvalue weighted by atomic mass is 16.2. The normalized spacial score (nSPS) is 21.0. The van der Waals surface area contributed by atoms with Gasteiger partial charge >= 0.3 is 0 Å². The smallest absolute Gasteiger partial charge is 0.274 e. The number of fused-ring (bicyclic) bond motifs is 1. The zero-order valence-electron chi connectivity index (χ0n) is 14.7. The van der Waals surface area contributed by atoms with E-state index in [0.29, 0.717) is 23.0 Å². The Hall–Kier alpha value is -2.21. The van der Waals surface area contributed by atoms with Gasteiger partial charge in [0.2, 0.25) is 5.91 Å². The highest BCUT2D eigenvalue weighted by molar-refractivity contribution is 5.88. The molecular formula is C18H24N4O2. The summed E-state index contributed by atoms with van der Waals surface area (Å²) in [6, 6.07) is 7.74. The van der Waals surface area contributed by atoms with Crippen molar-refractivity contribution in [1.82, 2.24) is 19.6 Å². The maximum absolute atomic E-state index is 12.7. The van der Waals surface area contributed by atoms with Gasteiger partial charge in [0.05, 0.1) is 17.5 Å². The Kier molecular flexibility index (Phi) is 4.41. The molecule has 6 nitrogen and oxygen atoms in total. The van der Waals surface area contributed by atoms with Crippen molar-refractivity contribution in [3.05, 3.63) is 40.3 Å². The molecule has 24 heavy (non-hydrogen) atoms. The van der Waals surface area contributed by atoms with Crippen LogP contribution in [0.25, 0.3) is 10.8 Å². The van der Waals surface area contributed by atoms with Crippen LogP contribution in [0, 0.1) is 5.92 Å². The van der Waals surface area contributed by atoms with Crippen molar-refractivity contribution in [1.29, 1.82) is 0 Å². The topological polar surface area (TPSA) is 58.4 Å². The fourth-order valence-corrected chi connectivity index (χ4v) is 3.59. The van der Waals surface area contributed by atoms with E-state index >= 15 is 0 Å². The number of nitrogens with zero attached hydrogens (tertiary/aromatic N) is 4. The van der Waals surface area contributed by atoms with Crippen LogP contribution >= 0.6 is 0 Å². The average molecular weight is 328 g/mol. The summed E-state index contributed by atoms with van der Waals surface area (Å²) in [5.41, 5.74) is 0.530. The molecule has 1 aliphatic rings. The summed E-state index contributed by atoms with van der Waals surface area (Å²) in [4.78, 5) is 29.0. The first-order chi connectivity index (χ1) is 11.4. The molecule has 1 saturated heterocycles. The first-order valence-electron chi connectivity index (χ1n) is 8.27. The SMILES string of the molecule is C[C@H]1CN(C(=O)Cc2nn(C)c(=O)c3ccccc23)C[C@H]1N(C)C. The minimum Gasteiger partial charge on any atom is -0.340 e. The molecule has 0 saturated carbocycles. The summed E-state index contributed by atoms with van der Waals surface area (Å²) in [6.07, 6.45) is 0.224. The molecule has 1 aromatic heterocycles. The summed E-state index contributed by atoms with van der Waals surface area (Å²) in [6.45, 7) is 3.69. The van der Waals surface area contributed by atoms with E-state index < -0.39 is 0 Å². The third kappa shape index (κ3) is 2.94. The van der Waals surface area contributed by atoms with Crippen LogP contribution in [0.3, 0.4) is 0 Å². The summed E-state index contributed by atoms with van der Waals surface area (Å²) in [7, 11) is 5.73. The van der Waals surface area contributed by atoms with Gasteiger partial charge in [-0.25, -0.2) is 4.68 Å². The first kappa shape index (κ1) is 16.6. The second-order valence-electron chi connectivity index (χ2n) is 6.90. The minimum atomic E-state index is -0.135. The van der Waals surface area contributed by atoms with Crippen molar-refractivity contribution in [2.45, 2.75) is 19.4 Å². The molecule has 2 aromatic rings. The number of rotatable bonds is 3. The lowest BCUT2D eigenvalue weighted by atomic mass is 10.1. The van der Waals surface area contributed by atoms with Crippen molar-refractivity contribution in [3.63, 3.8) is 0 Å². The molecule has 1 aliphatic heterocycles. The monoisotopic (exact) mass is 328 g/mol. The molecule has 1 amide bonds. The van der Waals surface area contributed by atoms with Crippen LogP contribution < -0.4 is 5.56 Å².